The predicted molar refractivity (Wildman–Crippen MR) is 53.6 cm³/mol. The van der Waals surface area contributed by atoms with Crippen molar-refractivity contribution in [1.29, 1.82) is 5.26 Å². The first-order valence-electron chi connectivity index (χ1n) is 4.77. The molecule has 0 aliphatic rings. The Hall–Kier alpha value is -1.57. The highest BCUT2D eigenvalue weighted by molar-refractivity contribution is 5.81. The molecule has 0 spiro atoms. The van der Waals surface area contributed by atoms with E-state index in [1.54, 1.807) is 13.8 Å². The Balaban J connectivity index is 3.93. The van der Waals surface area contributed by atoms with Gasteiger partial charge in [-0.05, 0) is 5.92 Å². The molecule has 0 bridgehead atoms. The van der Waals surface area contributed by atoms with Crippen LogP contribution < -0.4 is 5.32 Å². The van der Waals surface area contributed by atoms with Gasteiger partial charge in [0, 0.05) is 6.54 Å². The first-order valence-corrected chi connectivity index (χ1v) is 4.77. The van der Waals surface area contributed by atoms with E-state index >= 15 is 0 Å². The Labute approximate surface area is 89.4 Å². The predicted octanol–water partition coefficient (Wildman–Crippen LogP) is 0.461. The van der Waals surface area contributed by atoms with Crippen molar-refractivity contribution < 1.29 is 14.3 Å². The molecule has 5 nitrogen and oxygen atoms in total. The average Bonchev–Trinajstić information content (AvgIpc) is 2.17. The maximum atomic E-state index is 11.4. The zero-order valence-corrected chi connectivity index (χ0v) is 9.24. The van der Waals surface area contributed by atoms with Crippen LogP contribution in [0, 0.1) is 23.2 Å². The lowest BCUT2D eigenvalue weighted by Gasteiger charge is -2.12. The number of esters is 1. The smallest absolute Gasteiger partial charge is 0.307 e. The van der Waals surface area contributed by atoms with Crippen LogP contribution in [0.5, 0.6) is 0 Å². The van der Waals surface area contributed by atoms with Gasteiger partial charge in [0.05, 0.1) is 19.6 Å². The van der Waals surface area contributed by atoms with Gasteiger partial charge in [0.15, 0.2) is 0 Å². The standard InChI is InChI=1S/C10H16N2O3/c1-7(2)8(6-11)10(14)12-5-4-9(13)15-3/h7-8H,4-5H2,1-3H3,(H,12,14). The molecule has 0 aromatic rings. The molecular formula is C10H16N2O3. The van der Waals surface area contributed by atoms with Gasteiger partial charge in [-0.3, -0.25) is 9.59 Å². The van der Waals surface area contributed by atoms with Crippen LogP contribution in [0.25, 0.3) is 0 Å². The van der Waals surface area contributed by atoms with Crippen LogP contribution >= 0.6 is 0 Å². The molecule has 5 heteroatoms. The normalized spacial score (nSPS) is 11.7. The Bertz CT molecular complexity index is 268. The molecule has 0 radical (unpaired) electrons. The van der Waals surface area contributed by atoms with E-state index in [2.05, 4.69) is 10.1 Å². The van der Waals surface area contributed by atoms with E-state index in [0.29, 0.717) is 0 Å². The molecule has 0 aliphatic heterocycles. The van der Waals surface area contributed by atoms with Crippen molar-refractivity contribution in [1.82, 2.24) is 5.32 Å². The Kier molecular flexibility index (Phi) is 6.11. The van der Waals surface area contributed by atoms with E-state index in [1.165, 1.54) is 7.11 Å². The molecule has 0 rings (SSSR count). The molecule has 1 unspecified atom stereocenters. The average molecular weight is 212 g/mol. The fraction of sp³-hybridized carbons (Fsp3) is 0.700. The summed E-state index contributed by atoms with van der Waals surface area (Å²) < 4.78 is 4.41. The summed E-state index contributed by atoms with van der Waals surface area (Å²) in [5, 5.41) is 11.2. The minimum atomic E-state index is -0.664. The molecule has 84 valence electrons. The number of hydrogen-bond acceptors (Lipinski definition) is 4. The van der Waals surface area contributed by atoms with Gasteiger partial charge in [-0.2, -0.15) is 5.26 Å². The molecule has 1 atom stereocenters. The highest BCUT2D eigenvalue weighted by Gasteiger charge is 2.21. The van der Waals surface area contributed by atoms with Gasteiger partial charge in [0.2, 0.25) is 5.91 Å². The molecular weight excluding hydrogens is 196 g/mol. The van der Waals surface area contributed by atoms with Gasteiger partial charge >= 0.3 is 5.97 Å². The van der Waals surface area contributed by atoms with Gasteiger partial charge in [-0.25, -0.2) is 0 Å². The summed E-state index contributed by atoms with van der Waals surface area (Å²) in [6.07, 6.45) is 0.123. The summed E-state index contributed by atoms with van der Waals surface area (Å²) in [4.78, 5) is 22.1. The van der Waals surface area contributed by atoms with E-state index in [0.717, 1.165) is 0 Å². The molecule has 0 fully saturated rings. The van der Waals surface area contributed by atoms with Gasteiger partial charge in [0.1, 0.15) is 5.92 Å². The van der Waals surface area contributed by atoms with E-state index < -0.39 is 5.92 Å². The summed E-state index contributed by atoms with van der Waals surface area (Å²) >= 11 is 0. The zero-order valence-electron chi connectivity index (χ0n) is 9.24. The number of carbonyl (C=O) groups is 2. The summed E-state index contributed by atoms with van der Waals surface area (Å²) in [5.41, 5.74) is 0. The molecule has 0 aromatic carbocycles. The molecule has 1 amide bonds. The quantitative estimate of drug-likeness (QED) is 0.671. The van der Waals surface area contributed by atoms with Crippen LogP contribution in [0.15, 0.2) is 0 Å². The van der Waals surface area contributed by atoms with E-state index in [1.807, 2.05) is 6.07 Å². The Morgan fingerprint density at radius 1 is 1.47 bits per heavy atom. The SMILES string of the molecule is COC(=O)CCNC(=O)C(C#N)C(C)C. The fourth-order valence-corrected chi connectivity index (χ4v) is 1.01. The maximum Gasteiger partial charge on any atom is 0.307 e. The monoisotopic (exact) mass is 212 g/mol. The van der Waals surface area contributed by atoms with Crippen molar-refractivity contribution >= 4 is 11.9 Å². The number of nitriles is 1. The minimum Gasteiger partial charge on any atom is -0.469 e. The second-order valence-corrected chi connectivity index (χ2v) is 3.47. The van der Waals surface area contributed by atoms with E-state index in [9.17, 15) is 9.59 Å². The van der Waals surface area contributed by atoms with Crippen LogP contribution in [-0.4, -0.2) is 25.5 Å². The van der Waals surface area contributed by atoms with Crippen molar-refractivity contribution in [3.05, 3.63) is 0 Å². The van der Waals surface area contributed by atoms with Crippen molar-refractivity contribution in [2.45, 2.75) is 20.3 Å². The second-order valence-electron chi connectivity index (χ2n) is 3.47. The van der Waals surface area contributed by atoms with Gasteiger partial charge in [-0.15, -0.1) is 0 Å². The first-order chi connectivity index (χ1) is 7.02. The topological polar surface area (TPSA) is 79.2 Å². The Morgan fingerprint density at radius 3 is 2.47 bits per heavy atom. The van der Waals surface area contributed by atoms with Crippen LogP contribution in [0.3, 0.4) is 0 Å². The number of ether oxygens (including phenoxy) is 1. The summed E-state index contributed by atoms with van der Waals surface area (Å²) in [6, 6.07) is 1.93. The largest absolute Gasteiger partial charge is 0.469 e. The second kappa shape index (κ2) is 6.82. The molecule has 0 heterocycles. The molecule has 15 heavy (non-hydrogen) atoms. The maximum absolute atomic E-state index is 11.4. The van der Waals surface area contributed by atoms with Gasteiger partial charge in [0.25, 0.3) is 0 Å². The molecule has 0 saturated carbocycles. The van der Waals surface area contributed by atoms with Crippen LogP contribution in [0.1, 0.15) is 20.3 Å². The number of carbonyl (C=O) groups excluding carboxylic acids is 2. The Morgan fingerprint density at radius 2 is 2.07 bits per heavy atom. The van der Waals surface area contributed by atoms with Crippen molar-refractivity contribution in [3.8, 4) is 6.07 Å². The van der Waals surface area contributed by atoms with Gasteiger partial charge in [-0.1, -0.05) is 13.8 Å². The highest BCUT2D eigenvalue weighted by Crippen LogP contribution is 2.08. The number of nitrogens with zero attached hydrogens (tertiary/aromatic N) is 1. The van der Waals surface area contributed by atoms with Crippen molar-refractivity contribution in [2.75, 3.05) is 13.7 Å². The van der Waals surface area contributed by atoms with E-state index in [-0.39, 0.29) is 30.8 Å². The van der Waals surface area contributed by atoms with Crippen LogP contribution in [0.2, 0.25) is 0 Å². The summed E-state index contributed by atoms with van der Waals surface area (Å²) in [7, 11) is 1.29. The minimum absolute atomic E-state index is 0.0341. The first kappa shape index (κ1) is 13.4. The number of rotatable bonds is 5. The summed E-state index contributed by atoms with van der Waals surface area (Å²) in [6.45, 7) is 3.80. The van der Waals surface area contributed by atoms with E-state index in [4.69, 9.17) is 5.26 Å². The third kappa shape index (κ3) is 5.01. The molecule has 1 N–H and O–H groups in total. The number of nitrogens with one attached hydrogen (secondary N) is 1. The highest BCUT2D eigenvalue weighted by atomic mass is 16.5. The van der Waals surface area contributed by atoms with Crippen molar-refractivity contribution in [2.24, 2.45) is 11.8 Å². The van der Waals surface area contributed by atoms with Gasteiger partial charge < -0.3 is 10.1 Å². The van der Waals surface area contributed by atoms with Crippen molar-refractivity contribution in [3.63, 3.8) is 0 Å². The molecule has 0 saturated heterocycles. The summed E-state index contributed by atoms with van der Waals surface area (Å²) in [5.74, 6) is -1.42. The van der Waals surface area contributed by atoms with Crippen LogP contribution in [-0.2, 0) is 14.3 Å². The number of hydrogen-bond donors (Lipinski definition) is 1. The lowest BCUT2D eigenvalue weighted by Crippen LogP contribution is -2.34. The third-order valence-electron chi connectivity index (χ3n) is 1.94. The lowest BCUT2D eigenvalue weighted by atomic mass is 9.97. The lowest BCUT2D eigenvalue weighted by molar-refractivity contribution is -0.140. The molecule has 0 aliphatic carbocycles. The van der Waals surface area contributed by atoms with Crippen LogP contribution in [0.4, 0.5) is 0 Å². The fourth-order valence-electron chi connectivity index (χ4n) is 1.01. The third-order valence-corrected chi connectivity index (χ3v) is 1.94. The zero-order chi connectivity index (χ0) is 11.8. The number of methoxy groups -OCH3 is 1. The molecule has 0 aromatic heterocycles. The number of amides is 1.